The molecule has 1 atom stereocenters. The molecule has 2 heterocycles. The van der Waals surface area contributed by atoms with Gasteiger partial charge in [-0.3, -0.25) is 9.69 Å². The molecule has 1 saturated heterocycles. The van der Waals surface area contributed by atoms with Gasteiger partial charge in [0.05, 0.1) is 24.9 Å². The molecule has 1 fully saturated rings. The minimum absolute atomic E-state index is 0.0709. The number of hydrogen-bond acceptors (Lipinski definition) is 5. The molecular formula is C16H25N3O3. The van der Waals surface area contributed by atoms with Gasteiger partial charge < -0.3 is 14.8 Å². The van der Waals surface area contributed by atoms with E-state index >= 15 is 0 Å². The Bertz CT molecular complexity index is 470. The van der Waals surface area contributed by atoms with Crippen LogP contribution in [-0.4, -0.2) is 60.8 Å². The van der Waals surface area contributed by atoms with E-state index in [2.05, 4.69) is 22.1 Å². The summed E-state index contributed by atoms with van der Waals surface area (Å²) < 4.78 is 10.8. The van der Waals surface area contributed by atoms with Crippen LogP contribution in [0.4, 0.5) is 0 Å². The van der Waals surface area contributed by atoms with Crippen LogP contribution in [0.3, 0.4) is 0 Å². The third-order valence-corrected chi connectivity index (χ3v) is 3.58. The second-order valence-electron chi connectivity index (χ2n) is 5.76. The highest BCUT2D eigenvalue weighted by Crippen LogP contribution is 2.09. The zero-order valence-corrected chi connectivity index (χ0v) is 13.5. The molecule has 0 radical (unpaired) electrons. The van der Waals surface area contributed by atoms with Crippen molar-refractivity contribution in [2.24, 2.45) is 0 Å². The summed E-state index contributed by atoms with van der Waals surface area (Å²) >= 11 is 0. The molecule has 6 nitrogen and oxygen atoms in total. The molecule has 1 aromatic heterocycles. The molecule has 0 aromatic carbocycles. The molecule has 0 spiro atoms. The van der Waals surface area contributed by atoms with Crippen LogP contribution < -0.4 is 10.1 Å². The number of carbonyl (C=O) groups is 1. The number of morpholine rings is 1. The molecule has 0 unspecified atom stereocenters. The fraction of sp³-hybridized carbons (Fsp3) is 0.625. The van der Waals surface area contributed by atoms with Crippen LogP contribution in [-0.2, 0) is 4.74 Å². The minimum atomic E-state index is -0.108. The Labute approximate surface area is 131 Å². The van der Waals surface area contributed by atoms with Crippen molar-refractivity contribution < 1.29 is 14.3 Å². The van der Waals surface area contributed by atoms with Crippen LogP contribution in [0.1, 0.15) is 31.1 Å². The molecule has 1 aromatic rings. The van der Waals surface area contributed by atoms with Crippen molar-refractivity contribution >= 4 is 5.91 Å². The van der Waals surface area contributed by atoms with Crippen LogP contribution in [0.5, 0.6) is 5.88 Å². The van der Waals surface area contributed by atoms with Crippen molar-refractivity contribution in [1.82, 2.24) is 15.2 Å². The summed E-state index contributed by atoms with van der Waals surface area (Å²) in [6, 6.07) is 3.75. The maximum Gasteiger partial charge on any atom is 0.252 e. The van der Waals surface area contributed by atoms with E-state index in [9.17, 15) is 4.79 Å². The van der Waals surface area contributed by atoms with Gasteiger partial charge in [-0.25, -0.2) is 4.98 Å². The van der Waals surface area contributed by atoms with E-state index < -0.39 is 0 Å². The molecule has 22 heavy (non-hydrogen) atoms. The SMILES string of the molecule is CC(C)Oc1ccc(C(=O)NC[C@H](C)N2CCOCC2)cn1. The van der Waals surface area contributed by atoms with Gasteiger partial charge in [0.25, 0.3) is 5.91 Å². The Hall–Kier alpha value is -1.66. The number of ether oxygens (including phenoxy) is 2. The Morgan fingerprint density at radius 3 is 2.68 bits per heavy atom. The summed E-state index contributed by atoms with van der Waals surface area (Å²) in [5.74, 6) is 0.428. The van der Waals surface area contributed by atoms with Crippen LogP contribution in [0.2, 0.25) is 0 Å². The number of pyridine rings is 1. The molecule has 122 valence electrons. The monoisotopic (exact) mass is 307 g/mol. The molecule has 0 bridgehead atoms. The van der Waals surface area contributed by atoms with Gasteiger partial charge in [-0.2, -0.15) is 0 Å². The van der Waals surface area contributed by atoms with E-state index in [0.717, 1.165) is 26.3 Å². The summed E-state index contributed by atoms with van der Waals surface area (Å²) in [7, 11) is 0. The second kappa shape index (κ2) is 8.10. The summed E-state index contributed by atoms with van der Waals surface area (Å²) in [5, 5.41) is 2.95. The van der Waals surface area contributed by atoms with Gasteiger partial charge in [0.15, 0.2) is 0 Å². The topological polar surface area (TPSA) is 63.7 Å². The van der Waals surface area contributed by atoms with Crippen LogP contribution in [0.25, 0.3) is 0 Å². The van der Waals surface area contributed by atoms with Crippen molar-refractivity contribution in [2.45, 2.75) is 32.9 Å². The number of carbonyl (C=O) groups excluding carboxylic acids is 1. The zero-order valence-electron chi connectivity index (χ0n) is 13.5. The summed E-state index contributed by atoms with van der Waals surface area (Å²) in [6.07, 6.45) is 1.62. The number of amides is 1. The summed E-state index contributed by atoms with van der Waals surface area (Å²) in [5.41, 5.74) is 0.547. The predicted octanol–water partition coefficient (Wildman–Crippen LogP) is 1.32. The number of nitrogens with one attached hydrogen (secondary N) is 1. The van der Waals surface area contributed by atoms with Crippen LogP contribution in [0.15, 0.2) is 18.3 Å². The van der Waals surface area contributed by atoms with Gasteiger partial charge in [-0.15, -0.1) is 0 Å². The molecule has 1 N–H and O–H groups in total. The number of nitrogens with zero attached hydrogens (tertiary/aromatic N) is 2. The number of rotatable bonds is 6. The second-order valence-corrected chi connectivity index (χ2v) is 5.76. The van der Waals surface area contributed by atoms with E-state index in [1.165, 1.54) is 0 Å². The Balaban J connectivity index is 1.81. The molecule has 0 saturated carbocycles. The first-order valence-corrected chi connectivity index (χ1v) is 7.79. The molecular weight excluding hydrogens is 282 g/mol. The van der Waals surface area contributed by atoms with E-state index in [1.807, 2.05) is 13.8 Å². The lowest BCUT2D eigenvalue weighted by atomic mass is 10.2. The van der Waals surface area contributed by atoms with Gasteiger partial charge in [0.1, 0.15) is 0 Å². The lowest BCUT2D eigenvalue weighted by Gasteiger charge is -2.32. The number of hydrogen-bond donors (Lipinski definition) is 1. The Morgan fingerprint density at radius 1 is 1.36 bits per heavy atom. The zero-order chi connectivity index (χ0) is 15.9. The fourth-order valence-corrected chi connectivity index (χ4v) is 2.32. The van der Waals surface area contributed by atoms with Gasteiger partial charge in [0, 0.05) is 37.9 Å². The molecule has 1 aliphatic heterocycles. The van der Waals surface area contributed by atoms with Crippen molar-refractivity contribution in [3.63, 3.8) is 0 Å². The molecule has 1 aliphatic rings. The highest BCUT2D eigenvalue weighted by Gasteiger charge is 2.17. The predicted molar refractivity (Wildman–Crippen MR) is 84.2 cm³/mol. The standard InChI is InChI=1S/C16H25N3O3/c1-12(2)22-15-5-4-14(11-17-15)16(20)18-10-13(3)19-6-8-21-9-7-19/h4-5,11-13H,6-10H2,1-3H3,(H,18,20)/t13-/m0/s1. The van der Waals surface area contributed by atoms with Crippen molar-refractivity contribution in [3.8, 4) is 5.88 Å². The lowest BCUT2D eigenvalue weighted by molar-refractivity contribution is 0.0204. The normalized spacial score (nSPS) is 17.3. The van der Waals surface area contributed by atoms with Crippen molar-refractivity contribution in [2.75, 3.05) is 32.8 Å². The first kappa shape index (κ1) is 16.7. The van der Waals surface area contributed by atoms with Crippen LogP contribution >= 0.6 is 0 Å². The largest absolute Gasteiger partial charge is 0.475 e. The lowest BCUT2D eigenvalue weighted by Crippen LogP contribution is -2.47. The smallest absolute Gasteiger partial charge is 0.252 e. The molecule has 1 amide bonds. The van der Waals surface area contributed by atoms with Gasteiger partial charge in [0.2, 0.25) is 5.88 Å². The fourth-order valence-electron chi connectivity index (χ4n) is 2.32. The molecule has 2 rings (SSSR count). The first-order chi connectivity index (χ1) is 10.6. The van der Waals surface area contributed by atoms with E-state index in [4.69, 9.17) is 9.47 Å². The highest BCUT2D eigenvalue weighted by atomic mass is 16.5. The van der Waals surface area contributed by atoms with Gasteiger partial charge in [-0.1, -0.05) is 0 Å². The maximum absolute atomic E-state index is 12.1. The molecule has 0 aliphatic carbocycles. The van der Waals surface area contributed by atoms with Gasteiger partial charge in [-0.05, 0) is 26.8 Å². The quantitative estimate of drug-likeness (QED) is 0.859. The first-order valence-electron chi connectivity index (χ1n) is 7.79. The van der Waals surface area contributed by atoms with Crippen molar-refractivity contribution in [3.05, 3.63) is 23.9 Å². The van der Waals surface area contributed by atoms with E-state index in [-0.39, 0.29) is 12.0 Å². The van der Waals surface area contributed by atoms with Crippen LogP contribution in [0, 0.1) is 0 Å². The van der Waals surface area contributed by atoms with E-state index in [0.29, 0.717) is 24.0 Å². The number of aromatic nitrogens is 1. The summed E-state index contributed by atoms with van der Waals surface area (Å²) in [4.78, 5) is 18.6. The Kier molecular flexibility index (Phi) is 6.15. The van der Waals surface area contributed by atoms with Gasteiger partial charge >= 0.3 is 0 Å². The van der Waals surface area contributed by atoms with Crippen molar-refractivity contribution in [1.29, 1.82) is 0 Å². The summed E-state index contributed by atoms with van der Waals surface area (Å²) in [6.45, 7) is 9.97. The maximum atomic E-state index is 12.1. The highest BCUT2D eigenvalue weighted by molar-refractivity contribution is 5.93. The Morgan fingerprint density at radius 2 is 2.09 bits per heavy atom. The minimum Gasteiger partial charge on any atom is -0.475 e. The third kappa shape index (κ3) is 4.96. The molecule has 6 heteroatoms. The third-order valence-electron chi connectivity index (χ3n) is 3.58. The van der Waals surface area contributed by atoms with E-state index in [1.54, 1.807) is 18.3 Å². The average Bonchev–Trinajstić information content (AvgIpc) is 2.53. The average molecular weight is 307 g/mol.